The molecule has 1 saturated carbocycles. The van der Waals surface area contributed by atoms with Crippen LogP contribution >= 0.6 is 0 Å². The second-order valence-electron chi connectivity index (χ2n) is 4.85. The normalized spacial score (nSPS) is 42.4. The maximum absolute atomic E-state index is 6.03. The topological polar surface area (TPSA) is 55.3 Å². The van der Waals surface area contributed by atoms with Crippen LogP contribution in [0.1, 0.15) is 32.6 Å². The first-order chi connectivity index (χ1) is 6.61. The first kappa shape index (κ1) is 9.84. The summed E-state index contributed by atoms with van der Waals surface area (Å²) in [5.41, 5.74) is 8.20. The van der Waals surface area contributed by atoms with Gasteiger partial charge in [0.1, 0.15) is 0 Å². The third kappa shape index (κ3) is 1.61. The van der Waals surface area contributed by atoms with Crippen molar-refractivity contribution < 1.29 is 0 Å². The number of hydrogen-bond donors (Lipinski definition) is 2. The lowest BCUT2D eigenvalue weighted by atomic mass is 10.0. The van der Waals surface area contributed by atoms with Crippen molar-refractivity contribution in [2.75, 3.05) is 7.05 Å². The van der Waals surface area contributed by atoms with E-state index in [0.717, 1.165) is 42.0 Å². The minimum absolute atomic E-state index is 0.922. The third-order valence-corrected chi connectivity index (χ3v) is 4.02. The molecule has 1 fully saturated rings. The van der Waals surface area contributed by atoms with Gasteiger partial charge in [0, 0.05) is 18.4 Å². The second-order valence-corrected chi connectivity index (χ2v) is 4.85. The summed E-state index contributed by atoms with van der Waals surface area (Å²) in [5.74, 6) is 8.57. The average Bonchev–Trinajstić information content (AvgIpc) is 2.68. The van der Waals surface area contributed by atoms with E-state index in [2.05, 4.69) is 6.92 Å². The van der Waals surface area contributed by atoms with Gasteiger partial charge in [0.15, 0.2) is 0 Å². The summed E-state index contributed by atoms with van der Waals surface area (Å²) in [6.45, 7) is 2.36. The van der Waals surface area contributed by atoms with Crippen LogP contribution in [0.15, 0.2) is 11.4 Å². The molecular formula is C11H21N3. The highest BCUT2D eigenvalue weighted by Gasteiger charge is 2.45. The van der Waals surface area contributed by atoms with Crippen LogP contribution in [0.4, 0.5) is 0 Å². The van der Waals surface area contributed by atoms with Gasteiger partial charge in [0.05, 0.1) is 0 Å². The van der Waals surface area contributed by atoms with Gasteiger partial charge in [0.25, 0.3) is 0 Å². The Kier molecular flexibility index (Phi) is 2.43. The molecule has 0 aliphatic heterocycles. The Morgan fingerprint density at radius 3 is 2.36 bits per heavy atom. The number of nitrogens with two attached hydrogens (primary N) is 2. The Labute approximate surface area is 86.1 Å². The van der Waals surface area contributed by atoms with Crippen molar-refractivity contribution in [2.45, 2.75) is 32.6 Å². The first-order valence-corrected chi connectivity index (χ1v) is 5.57. The van der Waals surface area contributed by atoms with Crippen molar-refractivity contribution in [2.24, 2.45) is 29.3 Å². The smallest absolute Gasteiger partial charge is 0.0475 e. The second kappa shape index (κ2) is 3.46. The molecule has 2 rings (SSSR count). The molecule has 0 saturated heterocycles. The van der Waals surface area contributed by atoms with E-state index in [1.54, 1.807) is 5.01 Å². The van der Waals surface area contributed by atoms with Crippen LogP contribution in [0.5, 0.6) is 0 Å². The number of nitrogens with zero attached hydrogens (tertiary/aromatic N) is 1. The summed E-state index contributed by atoms with van der Waals surface area (Å²) in [5, 5.41) is 1.70. The van der Waals surface area contributed by atoms with Crippen molar-refractivity contribution in [3.8, 4) is 0 Å². The van der Waals surface area contributed by atoms with E-state index in [1.807, 2.05) is 7.05 Å². The molecule has 0 heterocycles. The van der Waals surface area contributed by atoms with E-state index < -0.39 is 0 Å². The fourth-order valence-corrected chi connectivity index (χ4v) is 2.92. The number of hydrogen-bond acceptors (Lipinski definition) is 3. The van der Waals surface area contributed by atoms with E-state index >= 15 is 0 Å². The molecule has 14 heavy (non-hydrogen) atoms. The van der Waals surface area contributed by atoms with Gasteiger partial charge in [-0.2, -0.15) is 0 Å². The van der Waals surface area contributed by atoms with Gasteiger partial charge in [-0.3, -0.25) is 0 Å². The first-order valence-electron chi connectivity index (χ1n) is 5.57. The number of rotatable bonds is 1. The number of allylic oxidation sites excluding steroid dienone is 2. The SMILES string of the molecule is CC1C2CC/C(N)=C(/N(C)N)CCC12. The predicted molar refractivity (Wildman–Crippen MR) is 57.8 cm³/mol. The Bertz CT molecular complexity index is 257. The van der Waals surface area contributed by atoms with E-state index in [1.165, 1.54) is 12.8 Å². The molecule has 3 atom stereocenters. The lowest BCUT2D eigenvalue weighted by molar-refractivity contribution is 0.394. The van der Waals surface area contributed by atoms with E-state index in [-0.39, 0.29) is 0 Å². The quantitative estimate of drug-likeness (QED) is 0.491. The predicted octanol–water partition coefficient (Wildman–Crippen LogP) is 1.42. The van der Waals surface area contributed by atoms with Crippen LogP contribution in [0, 0.1) is 17.8 Å². The molecule has 2 aliphatic rings. The molecule has 0 bridgehead atoms. The molecule has 0 aromatic heterocycles. The lowest BCUT2D eigenvalue weighted by Gasteiger charge is -2.21. The molecule has 2 aliphatic carbocycles. The van der Waals surface area contributed by atoms with Gasteiger partial charge in [-0.05, 0) is 43.4 Å². The molecule has 0 amide bonds. The maximum atomic E-state index is 6.03. The summed E-state index contributed by atoms with van der Waals surface area (Å²) in [6, 6.07) is 0. The summed E-state index contributed by atoms with van der Waals surface area (Å²) in [4.78, 5) is 0. The molecule has 80 valence electrons. The van der Waals surface area contributed by atoms with Gasteiger partial charge >= 0.3 is 0 Å². The fourth-order valence-electron chi connectivity index (χ4n) is 2.92. The summed E-state index contributed by atoms with van der Waals surface area (Å²) in [6.07, 6.45) is 4.62. The minimum Gasteiger partial charge on any atom is -0.401 e. The van der Waals surface area contributed by atoms with Crippen molar-refractivity contribution in [1.29, 1.82) is 0 Å². The van der Waals surface area contributed by atoms with Crippen LogP contribution in [0.3, 0.4) is 0 Å². The van der Waals surface area contributed by atoms with Crippen LogP contribution < -0.4 is 11.6 Å². The Morgan fingerprint density at radius 2 is 1.79 bits per heavy atom. The van der Waals surface area contributed by atoms with E-state index in [9.17, 15) is 0 Å². The molecule has 4 N–H and O–H groups in total. The summed E-state index contributed by atoms with van der Waals surface area (Å²) < 4.78 is 0. The van der Waals surface area contributed by atoms with Gasteiger partial charge in [-0.25, -0.2) is 5.84 Å². The van der Waals surface area contributed by atoms with E-state index in [4.69, 9.17) is 11.6 Å². The molecule has 3 heteroatoms. The van der Waals surface area contributed by atoms with Gasteiger partial charge < -0.3 is 10.7 Å². The zero-order valence-corrected chi connectivity index (χ0v) is 9.16. The van der Waals surface area contributed by atoms with Crippen LogP contribution in [-0.4, -0.2) is 12.1 Å². The number of hydrazine groups is 1. The summed E-state index contributed by atoms with van der Waals surface area (Å²) >= 11 is 0. The molecular weight excluding hydrogens is 174 g/mol. The Morgan fingerprint density at radius 1 is 1.21 bits per heavy atom. The highest BCUT2D eigenvalue weighted by molar-refractivity contribution is 5.13. The summed E-state index contributed by atoms with van der Waals surface area (Å²) in [7, 11) is 1.89. The Hall–Kier alpha value is -0.700. The van der Waals surface area contributed by atoms with Gasteiger partial charge in [-0.15, -0.1) is 0 Å². The monoisotopic (exact) mass is 195 g/mol. The van der Waals surface area contributed by atoms with Gasteiger partial charge in [-0.1, -0.05) is 6.92 Å². The highest BCUT2D eigenvalue weighted by atomic mass is 15.4. The zero-order chi connectivity index (χ0) is 10.3. The van der Waals surface area contributed by atoms with Crippen LogP contribution in [0.25, 0.3) is 0 Å². The van der Waals surface area contributed by atoms with Crippen molar-refractivity contribution in [3.63, 3.8) is 0 Å². The van der Waals surface area contributed by atoms with Crippen molar-refractivity contribution in [3.05, 3.63) is 11.4 Å². The van der Waals surface area contributed by atoms with Crippen molar-refractivity contribution >= 4 is 0 Å². The Balaban J connectivity index is 2.07. The molecule has 0 aromatic carbocycles. The van der Waals surface area contributed by atoms with E-state index in [0.29, 0.717) is 0 Å². The fraction of sp³-hybridized carbons (Fsp3) is 0.818. The lowest BCUT2D eigenvalue weighted by Crippen LogP contribution is -2.28. The highest BCUT2D eigenvalue weighted by Crippen LogP contribution is 2.53. The third-order valence-electron chi connectivity index (χ3n) is 4.02. The number of fused-ring (bicyclic) bond motifs is 1. The van der Waals surface area contributed by atoms with Gasteiger partial charge in [0.2, 0.25) is 0 Å². The largest absolute Gasteiger partial charge is 0.401 e. The maximum Gasteiger partial charge on any atom is 0.0475 e. The van der Waals surface area contributed by atoms with Crippen LogP contribution in [-0.2, 0) is 0 Å². The molecule has 0 radical (unpaired) electrons. The van der Waals surface area contributed by atoms with Crippen molar-refractivity contribution in [1.82, 2.24) is 5.01 Å². The molecule has 3 nitrogen and oxygen atoms in total. The standard InChI is InChI=1S/C11H21N3/c1-7-8-3-5-10(12)11(14(2)13)6-4-9(7)8/h7-9H,3-6,12-13H2,1-2H3/b11-10-. The molecule has 0 spiro atoms. The molecule has 0 aromatic rings. The molecule has 3 unspecified atom stereocenters. The average molecular weight is 195 g/mol. The van der Waals surface area contributed by atoms with Crippen LogP contribution in [0.2, 0.25) is 0 Å². The minimum atomic E-state index is 0.922. The zero-order valence-electron chi connectivity index (χ0n) is 9.16.